The molecule has 0 aliphatic rings. The van der Waals surface area contributed by atoms with Gasteiger partial charge in [-0.05, 0) is 24.6 Å². The molecule has 0 radical (unpaired) electrons. The topological polar surface area (TPSA) is 25.5 Å². The SMILES string of the molecule is Cc1oc2ccccc2c1C=NC=Cc1ccccc1. The molecule has 3 rings (SSSR count). The summed E-state index contributed by atoms with van der Waals surface area (Å²) in [5.41, 5.74) is 3.08. The minimum absolute atomic E-state index is 0.892. The number of aryl methyl sites for hydroxylation is 1. The highest BCUT2D eigenvalue weighted by Crippen LogP contribution is 2.23. The number of furan rings is 1. The summed E-state index contributed by atoms with van der Waals surface area (Å²) >= 11 is 0. The van der Waals surface area contributed by atoms with E-state index in [9.17, 15) is 0 Å². The third-order valence-corrected chi connectivity index (χ3v) is 3.18. The van der Waals surface area contributed by atoms with E-state index in [1.165, 1.54) is 0 Å². The number of para-hydroxylation sites is 1. The number of rotatable bonds is 3. The minimum Gasteiger partial charge on any atom is -0.461 e. The van der Waals surface area contributed by atoms with E-state index in [4.69, 9.17) is 4.42 Å². The van der Waals surface area contributed by atoms with Crippen LogP contribution in [-0.4, -0.2) is 6.21 Å². The monoisotopic (exact) mass is 261 g/mol. The number of aliphatic imine (C=N–C) groups is 1. The van der Waals surface area contributed by atoms with Crippen molar-refractivity contribution in [2.24, 2.45) is 4.99 Å². The van der Waals surface area contributed by atoms with Gasteiger partial charge in [-0.2, -0.15) is 0 Å². The standard InChI is InChI=1S/C18H15NO/c1-14-17(16-9-5-6-10-18(16)20-14)13-19-12-11-15-7-3-2-4-8-15/h2-13H,1H3. The van der Waals surface area contributed by atoms with Gasteiger partial charge in [-0.15, -0.1) is 0 Å². The van der Waals surface area contributed by atoms with Crippen molar-refractivity contribution in [2.75, 3.05) is 0 Å². The Morgan fingerprint density at radius 2 is 1.70 bits per heavy atom. The molecule has 0 spiro atoms. The summed E-state index contributed by atoms with van der Waals surface area (Å²) in [6.45, 7) is 1.96. The first-order valence-electron chi connectivity index (χ1n) is 6.57. The molecule has 0 amide bonds. The van der Waals surface area contributed by atoms with E-state index in [2.05, 4.69) is 4.99 Å². The summed E-state index contributed by atoms with van der Waals surface area (Å²) in [5, 5.41) is 1.10. The molecule has 2 nitrogen and oxygen atoms in total. The second-order valence-corrected chi connectivity index (χ2v) is 4.57. The predicted octanol–water partition coefficient (Wildman–Crippen LogP) is 4.83. The molecule has 0 aliphatic heterocycles. The van der Waals surface area contributed by atoms with Gasteiger partial charge in [0, 0.05) is 23.4 Å². The van der Waals surface area contributed by atoms with Gasteiger partial charge >= 0.3 is 0 Å². The van der Waals surface area contributed by atoms with Gasteiger partial charge in [0.25, 0.3) is 0 Å². The van der Waals surface area contributed by atoms with Crippen molar-refractivity contribution in [3.8, 4) is 0 Å². The molecule has 1 heterocycles. The van der Waals surface area contributed by atoms with Crippen molar-refractivity contribution in [2.45, 2.75) is 6.92 Å². The first-order valence-corrected chi connectivity index (χ1v) is 6.57. The van der Waals surface area contributed by atoms with E-state index < -0.39 is 0 Å². The van der Waals surface area contributed by atoms with Crippen molar-refractivity contribution in [3.05, 3.63) is 77.7 Å². The second kappa shape index (κ2) is 5.57. The Bertz CT molecular complexity index is 766. The van der Waals surface area contributed by atoms with Crippen molar-refractivity contribution in [3.63, 3.8) is 0 Å². The summed E-state index contributed by atoms with van der Waals surface area (Å²) in [7, 11) is 0. The molecule has 0 bridgehead atoms. The predicted molar refractivity (Wildman–Crippen MR) is 84.0 cm³/mol. The number of hydrogen-bond donors (Lipinski definition) is 0. The molecule has 0 saturated heterocycles. The highest BCUT2D eigenvalue weighted by Gasteiger charge is 2.07. The average Bonchev–Trinajstić information content (AvgIpc) is 2.80. The third kappa shape index (κ3) is 2.54. The summed E-state index contributed by atoms with van der Waals surface area (Å²) in [5.74, 6) is 0.892. The van der Waals surface area contributed by atoms with Crippen LogP contribution in [0.1, 0.15) is 16.9 Å². The molecule has 0 saturated carbocycles. The van der Waals surface area contributed by atoms with Crippen LogP contribution >= 0.6 is 0 Å². The van der Waals surface area contributed by atoms with Gasteiger partial charge in [0.1, 0.15) is 11.3 Å². The van der Waals surface area contributed by atoms with E-state index >= 15 is 0 Å². The van der Waals surface area contributed by atoms with Crippen LogP contribution in [0.25, 0.3) is 17.0 Å². The largest absolute Gasteiger partial charge is 0.461 e. The molecule has 0 atom stereocenters. The van der Waals surface area contributed by atoms with Gasteiger partial charge < -0.3 is 4.42 Å². The molecule has 0 unspecified atom stereocenters. The summed E-state index contributed by atoms with van der Waals surface area (Å²) in [4.78, 5) is 4.35. The molecule has 2 aromatic carbocycles. The number of nitrogens with zero attached hydrogens (tertiary/aromatic N) is 1. The quantitative estimate of drug-likeness (QED) is 0.620. The van der Waals surface area contributed by atoms with Crippen LogP contribution in [-0.2, 0) is 0 Å². The maximum absolute atomic E-state index is 5.70. The van der Waals surface area contributed by atoms with Crippen molar-refractivity contribution in [1.29, 1.82) is 0 Å². The van der Waals surface area contributed by atoms with Gasteiger partial charge in [0.2, 0.25) is 0 Å². The normalized spacial score (nSPS) is 11.8. The van der Waals surface area contributed by atoms with Crippen molar-refractivity contribution < 1.29 is 4.42 Å². The molecule has 0 N–H and O–H groups in total. The average molecular weight is 261 g/mol. The Hall–Kier alpha value is -2.61. The molecule has 98 valence electrons. The van der Waals surface area contributed by atoms with Gasteiger partial charge in [0.05, 0.1) is 0 Å². The van der Waals surface area contributed by atoms with Crippen LogP contribution < -0.4 is 0 Å². The van der Waals surface area contributed by atoms with E-state index in [-0.39, 0.29) is 0 Å². The van der Waals surface area contributed by atoms with Crippen LogP contribution in [0.2, 0.25) is 0 Å². The lowest BCUT2D eigenvalue weighted by Gasteiger charge is -1.90. The van der Waals surface area contributed by atoms with E-state index in [0.29, 0.717) is 0 Å². The van der Waals surface area contributed by atoms with Gasteiger partial charge in [-0.25, -0.2) is 0 Å². The highest BCUT2D eigenvalue weighted by atomic mass is 16.3. The lowest BCUT2D eigenvalue weighted by atomic mass is 10.1. The molecule has 3 aromatic rings. The number of fused-ring (bicyclic) bond motifs is 1. The fourth-order valence-electron chi connectivity index (χ4n) is 2.16. The fourth-order valence-corrected chi connectivity index (χ4v) is 2.16. The lowest BCUT2D eigenvalue weighted by molar-refractivity contribution is 0.578. The summed E-state index contributed by atoms with van der Waals surface area (Å²) in [6.07, 6.45) is 5.63. The van der Waals surface area contributed by atoms with Crippen molar-refractivity contribution in [1.82, 2.24) is 0 Å². The van der Waals surface area contributed by atoms with Crippen LogP contribution in [0.15, 0.2) is 70.2 Å². The zero-order valence-corrected chi connectivity index (χ0v) is 11.3. The maximum Gasteiger partial charge on any atom is 0.134 e. The van der Waals surface area contributed by atoms with Gasteiger partial charge in [-0.1, -0.05) is 48.5 Å². The highest BCUT2D eigenvalue weighted by molar-refractivity contribution is 5.99. The van der Waals surface area contributed by atoms with E-state index in [1.54, 1.807) is 6.20 Å². The Kier molecular flexibility index (Phi) is 3.46. The fraction of sp³-hybridized carbons (Fsp3) is 0.0556. The summed E-state index contributed by atoms with van der Waals surface area (Å²) < 4.78 is 5.70. The Labute approximate surface area is 118 Å². The van der Waals surface area contributed by atoms with Crippen LogP contribution in [0, 0.1) is 6.92 Å². The van der Waals surface area contributed by atoms with Crippen LogP contribution in [0.3, 0.4) is 0 Å². The molecule has 2 heteroatoms. The molecule has 1 aromatic heterocycles. The molecule has 0 aliphatic carbocycles. The summed E-state index contributed by atoms with van der Waals surface area (Å²) in [6, 6.07) is 18.1. The maximum atomic E-state index is 5.70. The van der Waals surface area contributed by atoms with Crippen molar-refractivity contribution >= 4 is 23.3 Å². The molecular formula is C18H15NO. The Morgan fingerprint density at radius 3 is 2.55 bits per heavy atom. The lowest BCUT2D eigenvalue weighted by Crippen LogP contribution is -1.80. The first kappa shape index (κ1) is 12.4. The van der Waals surface area contributed by atoms with E-state index in [1.807, 2.05) is 73.8 Å². The van der Waals surface area contributed by atoms with Crippen LogP contribution in [0.4, 0.5) is 0 Å². The van der Waals surface area contributed by atoms with Gasteiger partial charge in [-0.3, -0.25) is 4.99 Å². The van der Waals surface area contributed by atoms with Gasteiger partial charge in [0.15, 0.2) is 0 Å². The Morgan fingerprint density at radius 1 is 0.950 bits per heavy atom. The van der Waals surface area contributed by atoms with Crippen LogP contribution in [0.5, 0.6) is 0 Å². The second-order valence-electron chi connectivity index (χ2n) is 4.57. The smallest absolute Gasteiger partial charge is 0.134 e. The number of benzene rings is 2. The first-order chi connectivity index (χ1) is 9.84. The zero-order valence-electron chi connectivity index (χ0n) is 11.3. The molecule has 0 fully saturated rings. The minimum atomic E-state index is 0.892. The third-order valence-electron chi connectivity index (χ3n) is 3.18. The molecule has 20 heavy (non-hydrogen) atoms. The van der Waals surface area contributed by atoms with E-state index in [0.717, 1.165) is 27.9 Å². The number of hydrogen-bond acceptors (Lipinski definition) is 2. The zero-order chi connectivity index (χ0) is 13.8. The molecular weight excluding hydrogens is 246 g/mol. The Balaban J connectivity index is 1.84.